The molecule has 5 rings (SSSR count). The van der Waals surface area contributed by atoms with Gasteiger partial charge in [0.05, 0.1) is 54.8 Å². The van der Waals surface area contributed by atoms with Gasteiger partial charge in [-0.2, -0.15) is 5.26 Å². The van der Waals surface area contributed by atoms with E-state index in [0.29, 0.717) is 39.2 Å². The van der Waals surface area contributed by atoms with Crippen LogP contribution in [0.1, 0.15) is 58.1 Å². The number of rotatable bonds is 11. The standard InChI is InChI=1S/C37H39Cl2N3O4S2/c1-41(37(43)35-31-8-6-5-7-26(31)19-28(22-40)36(35)48(4)45)23-27(25-9-12-32(38)33(39)20-25)15-18-42-16-13-24(14-17-42)30-11-10-29(46-2)21-34(30)47(3)44/h5-12,19-21,24,27H,13-18,23H2,1-4H3/t27-,47+,48?/m1/s1. The van der Waals surface area contributed by atoms with Gasteiger partial charge in [-0.05, 0) is 97.0 Å². The summed E-state index contributed by atoms with van der Waals surface area (Å²) in [4.78, 5) is 19.4. The highest BCUT2D eigenvalue weighted by molar-refractivity contribution is 7.84. The Morgan fingerprint density at radius 3 is 2.40 bits per heavy atom. The van der Waals surface area contributed by atoms with Gasteiger partial charge >= 0.3 is 0 Å². The number of carbonyl (C=O) groups excluding carboxylic acids is 1. The van der Waals surface area contributed by atoms with Crippen molar-refractivity contribution in [1.29, 1.82) is 5.26 Å². The van der Waals surface area contributed by atoms with E-state index in [1.165, 1.54) is 6.26 Å². The van der Waals surface area contributed by atoms with Crippen molar-refractivity contribution in [2.75, 3.05) is 52.8 Å². The highest BCUT2D eigenvalue weighted by Crippen LogP contribution is 2.35. The van der Waals surface area contributed by atoms with Crippen molar-refractivity contribution in [1.82, 2.24) is 9.80 Å². The Hall–Kier alpha value is -3.26. The Kier molecular flexibility index (Phi) is 12.0. The van der Waals surface area contributed by atoms with E-state index in [9.17, 15) is 18.5 Å². The normalized spacial score (nSPS) is 15.9. The molecule has 0 aliphatic carbocycles. The summed E-state index contributed by atoms with van der Waals surface area (Å²) in [5, 5.41) is 12.2. The first-order chi connectivity index (χ1) is 23.0. The number of methoxy groups -OCH3 is 1. The molecule has 11 heteroatoms. The van der Waals surface area contributed by atoms with E-state index in [2.05, 4.69) is 17.0 Å². The molecule has 0 bridgehead atoms. The fourth-order valence-corrected chi connectivity index (χ4v) is 8.74. The lowest BCUT2D eigenvalue weighted by Crippen LogP contribution is -2.36. The molecule has 4 aromatic rings. The van der Waals surface area contributed by atoms with Crippen LogP contribution in [0.3, 0.4) is 0 Å². The molecule has 1 heterocycles. The molecule has 0 aromatic heterocycles. The van der Waals surface area contributed by atoms with Crippen LogP contribution in [0, 0.1) is 11.3 Å². The molecule has 1 fully saturated rings. The van der Waals surface area contributed by atoms with E-state index < -0.39 is 21.6 Å². The molecule has 1 amide bonds. The van der Waals surface area contributed by atoms with Gasteiger partial charge in [-0.1, -0.05) is 59.6 Å². The molecular weight excluding hydrogens is 685 g/mol. The van der Waals surface area contributed by atoms with Crippen molar-refractivity contribution >= 4 is 61.5 Å². The number of piperidine rings is 1. The molecule has 1 unspecified atom stereocenters. The maximum Gasteiger partial charge on any atom is 0.255 e. The van der Waals surface area contributed by atoms with Crippen molar-refractivity contribution in [3.05, 3.63) is 99.0 Å². The Labute approximate surface area is 297 Å². The summed E-state index contributed by atoms with van der Waals surface area (Å²) in [7, 11) is 0.692. The maximum absolute atomic E-state index is 14.2. The van der Waals surface area contributed by atoms with E-state index >= 15 is 0 Å². The van der Waals surface area contributed by atoms with Crippen molar-refractivity contribution in [3.63, 3.8) is 0 Å². The SMILES string of the molecule is COc1ccc(C2CCN(CC[C@H](CN(C)C(=O)c3c(S(C)=O)c(C#N)cc4ccccc34)c3ccc(Cl)c(Cl)c3)CC2)c([S@](C)=O)c1. The molecule has 48 heavy (non-hydrogen) atoms. The molecule has 1 aliphatic heterocycles. The number of nitriles is 1. The van der Waals surface area contributed by atoms with Crippen LogP contribution < -0.4 is 4.74 Å². The number of benzene rings is 4. The minimum absolute atomic E-state index is 0.0665. The fraction of sp³-hybridized carbons (Fsp3) is 0.351. The Morgan fingerprint density at radius 1 is 1.02 bits per heavy atom. The summed E-state index contributed by atoms with van der Waals surface area (Å²) in [6.07, 6.45) is 5.87. The molecular formula is C37H39Cl2N3O4S2. The summed E-state index contributed by atoms with van der Waals surface area (Å²) in [5.74, 6) is 0.674. The molecule has 1 aliphatic rings. The van der Waals surface area contributed by atoms with Gasteiger partial charge in [0.15, 0.2) is 0 Å². The van der Waals surface area contributed by atoms with Crippen LogP contribution >= 0.6 is 23.2 Å². The molecule has 0 N–H and O–H groups in total. The van der Waals surface area contributed by atoms with Gasteiger partial charge in [0, 0.05) is 36.9 Å². The Bertz CT molecular complexity index is 1920. The number of amides is 1. The zero-order valence-electron chi connectivity index (χ0n) is 27.5. The number of nitrogens with zero attached hydrogens (tertiary/aromatic N) is 3. The number of likely N-dealkylation sites (N-methyl/N-ethyl adjacent to an activating group) is 1. The first kappa shape index (κ1) is 36.0. The van der Waals surface area contributed by atoms with Crippen LogP contribution in [0.25, 0.3) is 10.8 Å². The third-order valence-corrected chi connectivity index (χ3v) is 11.9. The Balaban J connectivity index is 1.36. The predicted octanol–water partition coefficient (Wildman–Crippen LogP) is 7.63. The van der Waals surface area contributed by atoms with Crippen molar-refractivity contribution in [3.8, 4) is 11.8 Å². The first-order valence-electron chi connectivity index (χ1n) is 15.8. The van der Waals surface area contributed by atoms with Crippen LogP contribution in [-0.4, -0.2) is 77.0 Å². The topological polar surface area (TPSA) is 90.7 Å². The second kappa shape index (κ2) is 16.0. The van der Waals surface area contributed by atoms with Gasteiger partial charge in [0.2, 0.25) is 0 Å². The molecule has 252 valence electrons. The second-order valence-corrected chi connectivity index (χ2v) is 15.7. The van der Waals surface area contributed by atoms with Crippen LogP contribution in [0.5, 0.6) is 5.75 Å². The summed E-state index contributed by atoms with van der Waals surface area (Å²) < 4.78 is 30.9. The Morgan fingerprint density at radius 2 is 1.75 bits per heavy atom. The summed E-state index contributed by atoms with van der Waals surface area (Å²) in [6, 6.07) is 22.7. The van der Waals surface area contributed by atoms with Gasteiger partial charge in [-0.15, -0.1) is 0 Å². The number of carbonyl (C=O) groups is 1. The second-order valence-electron chi connectivity index (χ2n) is 12.2. The predicted molar refractivity (Wildman–Crippen MR) is 196 cm³/mol. The van der Waals surface area contributed by atoms with Gasteiger partial charge in [-0.3, -0.25) is 13.2 Å². The van der Waals surface area contributed by atoms with Gasteiger partial charge in [0.25, 0.3) is 5.91 Å². The molecule has 3 atom stereocenters. The highest BCUT2D eigenvalue weighted by atomic mass is 35.5. The van der Waals surface area contributed by atoms with E-state index in [0.717, 1.165) is 60.3 Å². The summed E-state index contributed by atoms with van der Waals surface area (Å²) in [6.45, 7) is 2.99. The fourth-order valence-electron chi connectivity index (χ4n) is 6.69. The number of halogens is 2. The molecule has 0 spiro atoms. The lowest BCUT2D eigenvalue weighted by molar-refractivity contribution is 0.0780. The molecule has 4 aromatic carbocycles. The smallest absolute Gasteiger partial charge is 0.255 e. The number of hydrogen-bond acceptors (Lipinski definition) is 6. The zero-order valence-corrected chi connectivity index (χ0v) is 30.6. The average molecular weight is 725 g/mol. The minimum atomic E-state index is -1.56. The van der Waals surface area contributed by atoms with Crippen molar-refractivity contribution in [2.24, 2.45) is 0 Å². The van der Waals surface area contributed by atoms with Crippen LogP contribution in [-0.2, 0) is 21.6 Å². The largest absolute Gasteiger partial charge is 0.497 e. The van der Waals surface area contributed by atoms with Crippen molar-refractivity contribution < 1.29 is 17.9 Å². The number of likely N-dealkylation sites (tertiary alicyclic amines) is 1. The van der Waals surface area contributed by atoms with Crippen molar-refractivity contribution in [2.45, 2.75) is 40.9 Å². The highest BCUT2D eigenvalue weighted by Gasteiger charge is 2.28. The third kappa shape index (κ3) is 7.96. The van der Waals surface area contributed by atoms with Crippen LogP contribution in [0.15, 0.2) is 76.5 Å². The zero-order chi connectivity index (χ0) is 34.5. The van der Waals surface area contributed by atoms with E-state index in [-0.39, 0.29) is 22.3 Å². The summed E-state index contributed by atoms with van der Waals surface area (Å²) >= 11 is 12.7. The molecule has 7 nitrogen and oxygen atoms in total. The maximum atomic E-state index is 14.2. The molecule has 0 radical (unpaired) electrons. The lowest BCUT2D eigenvalue weighted by atomic mass is 9.88. The molecule has 0 saturated carbocycles. The number of hydrogen-bond donors (Lipinski definition) is 0. The number of fused-ring (bicyclic) bond motifs is 1. The lowest BCUT2D eigenvalue weighted by Gasteiger charge is -2.34. The average Bonchev–Trinajstić information content (AvgIpc) is 3.09. The van der Waals surface area contributed by atoms with Gasteiger partial charge < -0.3 is 14.5 Å². The first-order valence-corrected chi connectivity index (χ1v) is 19.6. The van der Waals surface area contributed by atoms with Crippen LogP contribution in [0.4, 0.5) is 0 Å². The molecule has 1 saturated heterocycles. The van der Waals surface area contributed by atoms with E-state index in [1.807, 2.05) is 48.5 Å². The monoisotopic (exact) mass is 723 g/mol. The van der Waals surface area contributed by atoms with E-state index in [1.54, 1.807) is 37.4 Å². The van der Waals surface area contributed by atoms with Crippen LogP contribution in [0.2, 0.25) is 10.0 Å². The van der Waals surface area contributed by atoms with Gasteiger partial charge in [-0.25, -0.2) is 0 Å². The minimum Gasteiger partial charge on any atom is -0.497 e. The number of ether oxygens (including phenoxy) is 1. The quantitative estimate of drug-likeness (QED) is 0.158. The summed E-state index contributed by atoms with van der Waals surface area (Å²) in [5.41, 5.74) is 2.64. The van der Waals surface area contributed by atoms with E-state index in [4.69, 9.17) is 27.9 Å². The van der Waals surface area contributed by atoms with Gasteiger partial charge in [0.1, 0.15) is 11.8 Å². The third-order valence-electron chi connectivity index (χ3n) is 9.23.